The molecule has 0 saturated heterocycles. The molecule has 0 radical (unpaired) electrons. The summed E-state index contributed by atoms with van der Waals surface area (Å²) in [5, 5.41) is 17.1. The number of aromatic nitrogens is 2. The Kier molecular flexibility index (Phi) is 5.56. The number of hydrogen-bond acceptors (Lipinski definition) is 5. The predicted octanol–water partition coefficient (Wildman–Crippen LogP) is 2.61. The van der Waals surface area contributed by atoms with Crippen LogP contribution in [-0.4, -0.2) is 45.0 Å². The Morgan fingerprint density at radius 2 is 2.03 bits per heavy atom. The molecule has 0 spiro atoms. The Balaban J connectivity index is 1.57. The van der Waals surface area contributed by atoms with E-state index in [2.05, 4.69) is 26.3 Å². The van der Waals surface area contributed by atoms with Crippen molar-refractivity contribution in [1.82, 2.24) is 15.1 Å². The van der Waals surface area contributed by atoms with Gasteiger partial charge in [-0.05, 0) is 50.8 Å². The molecule has 162 valence electrons. The van der Waals surface area contributed by atoms with Crippen molar-refractivity contribution >= 4 is 32.6 Å². The van der Waals surface area contributed by atoms with Gasteiger partial charge in [-0.2, -0.15) is 0 Å². The van der Waals surface area contributed by atoms with E-state index in [1.807, 2.05) is 0 Å². The zero-order valence-electron chi connectivity index (χ0n) is 16.3. The van der Waals surface area contributed by atoms with E-state index in [1.54, 1.807) is 18.2 Å². The number of carbonyl (C=O) groups is 1. The molecule has 1 amide bonds. The fraction of sp³-hybridized carbons (Fsp3) is 0.550. The van der Waals surface area contributed by atoms with Crippen LogP contribution < -0.4 is 15.6 Å². The number of amides is 1. The highest BCUT2D eigenvalue weighted by Crippen LogP contribution is 2.42. The van der Waals surface area contributed by atoms with E-state index in [4.69, 9.17) is 4.74 Å². The number of rotatable bonds is 6. The van der Waals surface area contributed by atoms with Crippen LogP contribution in [0.2, 0.25) is 0 Å². The standard InChI is InChI=1S/C20H22BrF2N3O4/c1-20(22,23)10-4-14(5-10)30-18-16-6-11(21)2-3-15(16)19(29)26(25-18)9-17(28)24-12-7-13(27)8-12/h2-3,6,10,12-14,27H,4-5,7-9H2,1H3,(H,24,28). The summed E-state index contributed by atoms with van der Waals surface area (Å²) < 4.78 is 34.5. The molecule has 2 aliphatic rings. The van der Waals surface area contributed by atoms with Gasteiger partial charge >= 0.3 is 0 Å². The number of alkyl halides is 2. The first-order chi connectivity index (χ1) is 14.1. The zero-order chi connectivity index (χ0) is 21.6. The maximum Gasteiger partial charge on any atom is 0.275 e. The number of benzene rings is 1. The van der Waals surface area contributed by atoms with Gasteiger partial charge < -0.3 is 15.2 Å². The van der Waals surface area contributed by atoms with Crippen molar-refractivity contribution in [2.24, 2.45) is 5.92 Å². The molecule has 7 nitrogen and oxygen atoms in total. The molecular weight excluding hydrogens is 464 g/mol. The minimum absolute atomic E-state index is 0.113. The number of halogens is 3. The molecule has 4 rings (SSSR count). The highest BCUT2D eigenvalue weighted by Gasteiger charge is 2.45. The third kappa shape index (κ3) is 4.34. The summed E-state index contributed by atoms with van der Waals surface area (Å²) in [5.41, 5.74) is -0.444. The quantitative estimate of drug-likeness (QED) is 0.655. The second-order valence-electron chi connectivity index (χ2n) is 8.21. The maximum absolute atomic E-state index is 13.4. The number of ether oxygens (including phenoxy) is 1. The molecule has 2 aliphatic carbocycles. The largest absolute Gasteiger partial charge is 0.473 e. The van der Waals surface area contributed by atoms with Gasteiger partial charge in [0.05, 0.1) is 16.9 Å². The molecule has 2 aromatic rings. The van der Waals surface area contributed by atoms with E-state index in [9.17, 15) is 23.5 Å². The first-order valence-corrected chi connectivity index (χ1v) is 10.6. The lowest BCUT2D eigenvalue weighted by Crippen LogP contribution is -2.48. The van der Waals surface area contributed by atoms with Crippen LogP contribution in [0.3, 0.4) is 0 Å². The molecule has 0 aliphatic heterocycles. The Morgan fingerprint density at radius 1 is 1.33 bits per heavy atom. The van der Waals surface area contributed by atoms with Crippen molar-refractivity contribution < 1.29 is 23.4 Å². The van der Waals surface area contributed by atoms with Crippen molar-refractivity contribution in [3.05, 3.63) is 33.0 Å². The SMILES string of the molecule is CC(F)(F)C1CC(Oc2nn(CC(=O)NC3CC(O)C3)c(=O)c3ccc(Br)cc23)C1. The topological polar surface area (TPSA) is 93.5 Å². The van der Waals surface area contributed by atoms with Crippen LogP contribution in [0.25, 0.3) is 10.8 Å². The van der Waals surface area contributed by atoms with Gasteiger partial charge in [0.2, 0.25) is 17.7 Å². The van der Waals surface area contributed by atoms with Crippen LogP contribution in [0.4, 0.5) is 8.78 Å². The predicted molar refractivity (Wildman–Crippen MR) is 109 cm³/mol. The summed E-state index contributed by atoms with van der Waals surface area (Å²) in [6.45, 7) is 0.604. The minimum atomic E-state index is -2.76. The highest BCUT2D eigenvalue weighted by molar-refractivity contribution is 9.10. The molecule has 1 aromatic carbocycles. The van der Waals surface area contributed by atoms with Crippen LogP contribution in [0, 0.1) is 5.92 Å². The van der Waals surface area contributed by atoms with Crippen molar-refractivity contribution in [2.45, 2.75) is 63.3 Å². The molecule has 10 heteroatoms. The number of fused-ring (bicyclic) bond motifs is 1. The molecule has 2 saturated carbocycles. The fourth-order valence-electron chi connectivity index (χ4n) is 3.77. The van der Waals surface area contributed by atoms with E-state index in [0.717, 1.165) is 11.6 Å². The van der Waals surface area contributed by atoms with Crippen molar-refractivity contribution in [1.29, 1.82) is 0 Å². The van der Waals surface area contributed by atoms with Crippen LogP contribution in [0.15, 0.2) is 27.5 Å². The van der Waals surface area contributed by atoms with E-state index in [-0.39, 0.29) is 31.3 Å². The van der Waals surface area contributed by atoms with Crippen molar-refractivity contribution in [2.75, 3.05) is 0 Å². The van der Waals surface area contributed by atoms with E-state index >= 15 is 0 Å². The Morgan fingerprint density at radius 3 is 2.67 bits per heavy atom. The van der Waals surface area contributed by atoms with Gasteiger partial charge in [-0.15, -0.1) is 5.10 Å². The number of nitrogens with one attached hydrogen (secondary N) is 1. The summed E-state index contributed by atoms with van der Waals surface area (Å²) in [4.78, 5) is 25.1. The van der Waals surface area contributed by atoms with Gasteiger partial charge in [0.25, 0.3) is 5.56 Å². The second kappa shape index (κ2) is 7.88. The third-order valence-electron chi connectivity index (χ3n) is 5.75. The van der Waals surface area contributed by atoms with Gasteiger partial charge in [-0.25, -0.2) is 13.5 Å². The second-order valence-corrected chi connectivity index (χ2v) is 9.13. The van der Waals surface area contributed by atoms with Gasteiger partial charge in [0.15, 0.2) is 0 Å². The number of nitrogens with zero attached hydrogens (tertiary/aromatic N) is 2. The van der Waals surface area contributed by atoms with Gasteiger partial charge in [0, 0.05) is 16.4 Å². The van der Waals surface area contributed by atoms with E-state index in [1.165, 1.54) is 0 Å². The highest BCUT2D eigenvalue weighted by atomic mass is 79.9. The molecule has 0 atom stereocenters. The molecule has 2 fully saturated rings. The summed E-state index contributed by atoms with van der Waals surface area (Å²) in [5.74, 6) is -3.75. The summed E-state index contributed by atoms with van der Waals surface area (Å²) in [6, 6.07) is 4.88. The summed E-state index contributed by atoms with van der Waals surface area (Å²) in [6.07, 6.45) is 0.538. The zero-order valence-corrected chi connectivity index (χ0v) is 17.9. The first kappa shape index (κ1) is 21.2. The molecule has 30 heavy (non-hydrogen) atoms. The number of aliphatic hydroxyl groups excluding tert-OH is 1. The monoisotopic (exact) mass is 485 g/mol. The summed E-state index contributed by atoms with van der Waals surface area (Å²) in [7, 11) is 0. The minimum Gasteiger partial charge on any atom is -0.473 e. The van der Waals surface area contributed by atoms with E-state index < -0.39 is 35.5 Å². The average molecular weight is 486 g/mol. The van der Waals surface area contributed by atoms with Crippen molar-refractivity contribution in [3.8, 4) is 5.88 Å². The Labute approximate surface area is 179 Å². The molecule has 0 unspecified atom stereocenters. The van der Waals surface area contributed by atoms with E-state index in [0.29, 0.717) is 28.1 Å². The lowest BCUT2D eigenvalue weighted by atomic mass is 9.78. The molecule has 1 heterocycles. The smallest absolute Gasteiger partial charge is 0.275 e. The van der Waals surface area contributed by atoms with Gasteiger partial charge in [0.1, 0.15) is 12.6 Å². The number of aliphatic hydroxyl groups is 1. The Hall–Kier alpha value is -2.07. The van der Waals surface area contributed by atoms with Gasteiger partial charge in [-0.3, -0.25) is 9.59 Å². The lowest BCUT2D eigenvalue weighted by molar-refractivity contribution is -0.124. The average Bonchev–Trinajstić information content (AvgIpc) is 2.58. The molecule has 2 N–H and O–H groups in total. The number of hydrogen-bond donors (Lipinski definition) is 2. The molecular formula is C20H22BrF2N3O4. The van der Waals surface area contributed by atoms with Crippen LogP contribution in [0.1, 0.15) is 32.6 Å². The van der Waals surface area contributed by atoms with Crippen LogP contribution >= 0.6 is 15.9 Å². The van der Waals surface area contributed by atoms with Crippen molar-refractivity contribution in [3.63, 3.8) is 0 Å². The summed E-state index contributed by atoms with van der Waals surface area (Å²) >= 11 is 3.35. The van der Waals surface area contributed by atoms with Gasteiger partial charge in [-0.1, -0.05) is 15.9 Å². The third-order valence-corrected chi connectivity index (χ3v) is 6.24. The molecule has 1 aromatic heterocycles. The van der Waals surface area contributed by atoms with Crippen LogP contribution in [-0.2, 0) is 11.3 Å². The molecule has 0 bridgehead atoms. The maximum atomic E-state index is 13.4. The fourth-order valence-corrected chi connectivity index (χ4v) is 4.13. The normalized spacial score (nSPS) is 26.0. The Bertz CT molecular complexity index is 1030. The number of carbonyl (C=O) groups excluding carboxylic acids is 1. The lowest BCUT2D eigenvalue weighted by Gasteiger charge is -2.38. The first-order valence-electron chi connectivity index (χ1n) is 9.82. The van der Waals surface area contributed by atoms with Crippen LogP contribution in [0.5, 0.6) is 5.88 Å².